The molecule has 0 saturated carbocycles. The van der Waals surface area contributed by atoms with E-state index < -0.39 is 40.6 Å². The summed E-state index contributed by atoms with van der Waals surface area (Å²) in [5.41, 5.74) is -2.95. The Morgan fingerprint density at radius 2 is 1.75 bits per heavy atom. The second-order valence-corrected chi connectivity index (χ2v) is 10.2. The molecule has 0 aliphatic heterocycles. The molecule has 32 heavy (non-hydrogen) atoms. The molecule has 0 unspecified atom stereocenters. The summed E-state index contributed by atoms with van der Waals surface area (Å²) < 4.78 is 52.9. The van der Waals surface area contributed by atoms with Crippen LogP contribution in [0.25, 0.3) is 0 Å². The number of hydrogen-bond donors (Lipinski definition) is 3. The zero-order chi connectivity index (χ0) is 24.3. The van der Waals surface area contributed by atoms with E-state index in [4.69, 9.17) is 34.8 Å². The average molecular weight is 597 g/mol. The van der Waals surface area contributed by atoms with Crippen LogP contribution >= 0.6 is 50.7 Å². The van der Waals surface area contributed by atoms with Gasteiger partial charge in [0.1, 0.15) is 5.75 Å². The predicted molar refractivity (Wildman–Crippen MR) is 125 cm³/mol. The lowest BCUT2D eigenvalue weighted by Gasteiger charge is -2.32. The van der Waals surface area contributed by atoms with E-state index in [0.29, 0.717) is 10.0 Å². The van der Waals surface area contributed by atoms with Gasteiger partial charge in [0.05, 0.1) is 21.6 Å². The highest BCUT2D eigenvalue weighted by Gasteiger charge is 2.55. The third-order valence-corrected chi connectivity index (χ3v) is 6.95. The van der Waals surface area contributed by atoms with Gasteiger partial charge in [0.2, 0.25) is 11.5 Å². The normalized spacial score (nSPS) is 14.5. The molecule has 0 heterocycles. The number of carbonyl (C=O) groups is 1. The standard InChI is InChI=1S/C19H17BrCl3F3N2O3S/c1-32(31)8-16(29)27-7-10-2-3-12(6-13(10)20)28-9-18(30,19(24,25)26)11-4-14(21)17(23)15(22)5-11/h2-6,28,30H,7-9H2,1H3,(H,27,29)/t18-,32+/m1/s1. The molecule has 176 valence electrons. The zero-order valence-electron chi connectivity index (χ0n) is 16.3. The van der Waals surface area contributed by atoms with Crippen molar-refractivity contribution in [2.45, 2.75) is 18.3 Å². The van der Waals surface area contributed by atoms with E-state index >= 15 is 0 Å². The number of nitrogens with one attached hydrogen (secondary N) is 2. The van der Waals surface area contributed by atoms with E-state index in [1.165, 1.54) is 18.4 Å². The number of halogens is 7. The van der Waals surface area contributed by atoms with Gasteiger partial charge in [-0.15, -0.1) is 0 Å². The van der Waals surface area contributed by atoms with Crippen molar-refractivity contribution < 1.29 is 27.3 Å². The minimum Gasteiger partial charge on any atom is -0.381 e. The Bertz CT molecular complexity index is 1020. The molecule has 0 bridgehead atoms. The SMILES string of the molecule is C[S@](=O)CC(=O)NCc1ccc(NC[C@@](O)(c2cc(Cl)c(Cl)c(Cl)c2)C(F)(F)F)cc1Br. The Hall–Kier alpha value is -1.04. The lowest BCUT2D eigenvalue weighted by Crippen LogP contribution is -2.47. The van der Waals surface area contributed by atoms with E-state index in [9.17, 15) is 27.3 Å². The van der Waals surface area contributed by atoms with Gasteiger partial charge in [0.25, 0.3) is 0 Å². The van der Waals surface area contributed by atoms with Gasteiger partial charge in [-0.1, -0.05) is 56.8 Å². The fraction of sp³-hybridized carbons (Fsp3) is 0.316. The fourth-order valence-corrected chi connectivity index (χ4v) is 4.21. The molecule has 0 aliphatic rings. The van der Waals surface area contributed by atoms with Crippen molar-refractivity contribution >= 4 is 73.1 Å². The molecule has 2 aromatic carbocycles. The first-order valence-electron chi connectivity index (χ1n) is 8.77. The van der Waals surface area contributed by atoms with Crippen molar-refractivity contribution in [3.05, 3.63) is 61.0 Å². The van der Waals surface area contributed by atoms with Crippen LogP contribution in [0.15, 0.2) is 34.8 Å². The summed E-state index contributed by atoms with van der Waals surface area (Å²) in [6.45, 7) is -0.805. The molecule has 0 saturated heterocycles. The van der Waals surface area contributed by atoms with Crippen LogP contribution in [-0.2, 0) is 27.7 Å². The molecule has 0 aromatic heterocycles. The van der Waals surface area contributed by atoms with Crippen LogP contribution in [0.5, 0.6) is 0 Å². The Morgan fingerprint density at radius 3 is 2.25 bits per heavy atom. The van der Waals surface area contributed by atoms with E-state index in [1.807, 2.05) is 0 Å². The molecule has 0 fully saturated rings. The van der Waals surface area contributed by atoms with Crippen LogP contribution < -0.4 is 10.6 Å². The van der Waals surface area contributed by atoms with Crippen molar-refractivity contribution in [2.24, 2.45) is 0 Å². The summed E-state index contributed by atoms with van der Waals surface area (Å²) in [5.74, 6) is -0.526. The first-order chi connectivity index (χ1) is 14.7. The van der Waals surface area contributed by atoms with Gasteiger partial charge < -0.3 is 15.7 Å². The van der Waals surface area contributed by atoms with Crippen molar-refractivity contribution in [2.75, 3.05) is 23.9 Å². The Morgan fingerprint density at radius 1 is 1.16 bits per heavy atom. The van der Waals surface area contributed by atoms with Crippen LogP contribution in [0.3, 0.4) is 0 Å². The van der Waals surface area contributed by atoms with E-state index in [1.54, 1.807) is 6.07 Å². The van der Waals surface area contributed by atoms with Gasteiger partial charge in [0.15, 0.2) is 0 Å². The van der Waals surface area contributed by atoms with Crippen molar-refractivity contribution in [1.29, 1.82) is 0 Å². The maximum absolute atomic E-state index is 13.8. The number of anilines is 1. The fourth-order valence-electron chi connectivity index (χ4n) is 2.62. The highest BCUT2D eigenvalue weighted by atomic mass is 79.9. The molecule has 2 rings (SSSR count). The lowest BCUT2D eigenvalue weighted by molar-refractivity contribution is -0.260. The summed E-state index contributed by atoms with van der Waals surface area (Å²) in [6, 6.07) is 6.39. The molecule has 1 amide bonds. The minimum atomic E-state index is -5.05. The Kier molecular flexibility index (Phi) is 9.29. The minimum absolute atomic E-state index is 0.119. The second kappa shape index (κ2) is 10.9. The highest BCUT2D eigenvalue weighted by Crippen LogP contribution is 2.43. The Labute approximate surface area is 208 Å². The molecule has 0 aliphatic carbocycles. The van der Waals surface area contributed by atoms with Crippen LogP contribution in [0, 0.1) is 0 Å². The number of benzene rings is 2. The molecule has 2 aromatic rings. The van der Waals surface area contributed by atoms with E-state index in [0.717, 1.165) is 12.1 Å². The molecule has 5 nitrogen and oxygen atoms in total. The quantitative estimate of drug-likeness (QED) is 0.363. The molecular formula is C19H17BrCl3F3N2O3S. The summed E-state index contributed by atoms with van der Waals surface area (Å²) in [4.78, 5) is 11.6. The van der Waals surface area contributed by atoms with Crippen LogP contribution in [-0.4, -0.2) is 40.0 Å². The van der Waals surface area contributed by atoms with Gasteiger partial charge in [-0.25, -0.2) is 0 Å². The number of amides is 1. The van der Waals surface area contributed by atoms with Crippen molar-refractivity contribution in [1.82, 2.24) is 5.32 Å². The topological polar surface area (TPSA) is 78.4 Å². The molecule has 2 atom stereocenters. The van der Waals surface area contributed by atoms with Crippen molar-refractivity contribution in [3.63, 3.8) is 0 Å². The molecule has 3 N–H and O–H groups in total. The number of aliphatic hydroxyl groups is 1. The summed E-state index contributed by atoms with van der Waals surface area (Å²) in [6.07, 6.45) is -3.65. The van der Waals surface area contributed by atoms with Crippen LogP contribution in [0.2, 0.25) is 15.1 Å². The average Bonchev–Trinajstić information content (AvgIpc) is 2.67. The predicted octanol–water partition coefficient (Wildman–Crippen LogP) is 5.27. The second-order valence-electron chi connectivity index (χ2n) is 6.77. The van der Waals surface area contributed by atoms with Crippen LogP contribution in [0.4, 0.5) is 18.9 Å². The molecule has 13 heteroatoms. The maximum atomic E-state index is 13.8. The lowest BCUT2D eigenvalue weighted by atomic mass is 9.92. The smallest absolute Gasteiger partial charge is 0.381 e. The molecular weight excluding hydrogens is 580 g/mol. The zero-order valence-corrected chi connectivity index (χ0v) is 21.0. The molecule has 0 radical (unpaired) electrons. The third kappa shape index (κ3) is 6.74. The summed E-state index contributed by atoms with van der Waals surface area (Å²) in [7, 11) is -1.27. The summed E-state index contributed by atoms with van der Waals surface area (Å²) >= 11 is 20.8. The molecule has 0 spiro atoms. The van der Waals surface area contributed by atoms with Gasteiger partial charge in [-0.3, -0.25) is 9.00 Å². The van der Waals surface area contributed by atoms with E-state index in [2.05, 4.69) is 26.6 Å². The van der Waals surface area contributed by atoms with Crippen LogP contribution in [0.1, 0.15) is 11.1 Å². The van der Waals surface area contributed by atoms with Gasteiger partial charge in [-0.2, -0.15) is 13.2 Å². The van der Waals surface area contributed by atoms with Gasteiger partial charge >= 0.3 is 6.18 Å². The maximum Gasteiger partial charge on any atom is 0.423 e. The number of alkyl halides is 3. The largest absolute Gasteiger partial charge is 0.423 e. The number of hydrogen-bond acceptors (Lipinski definition) is 4. The first kappa shape index (κ1) is 27.2. The summed E-state index contributed by atoms with van der Waals surface area (Å²) in [5, 5.41) is 15.1. The van der Waals surface area contributed by atoms with Crippen molar-refractivity contribution in [3.8, 4) is 0 Å². The Balaban J connectivity index is 2.19. The van der Waals surface area contributed by atoms with Gasteiger partial charge in [0, 0.05) is 33.8 Å². The third-order valence-electron chi connectivity index (χ3n) is 4.34. The van der Waals surface area contributed by atoms with Gasteiger partial charge in [-0.05, 0) is 35.4 Å². The number of carbonyl (C=O) groups excluding carboxylic acids is 1. The monoisotopic (exact) mass is 594 g/mol. The highest BCUT2D eigenvalue weighted by molar-refractivity contribution is 9.10. The first-order valence-corrected chi connectivity index (χ1v) is 12.4. The number of rotatable bonds is 8. The van der Waals surface area contributed by atoms with E-state index in [-0.39, 0.29) is 33.1 Å².